The first-order valence-electron chi connectivity index (χ1n) is 9.53. The number of carbonyl (C=O) groups is 1. The van der Waals surface area contributed by atoms with Gasteiger partial charge in [0.15, 0.2) is 0 Å². The van der Waals surface area contributed by atoms with Crippen LogP contribution in [0.1, 0.15) is 32.3 Å². The number of carbonyl (C=O) groups excluding carboxylic acids is 1. The molecular formula is C21H27N3O3S. The standard InChI is InChI=1S/C21H27N3O3S/c1-16-11-13-24(14-12-16)15-18-3-5-20(6-4-18)23-28(26,27)21-9-7-19(8-10-21)22-17(2)25/h3-10,16,23H,11-15H2,1-2H3,(H,22,25). The Morgan fingerprint density at radius 3 is 2.14 bits per heavy atom. The molecule has 1 aliphatic heterocycles. The first-order valence-corrected chi connectivity index (χ1v) is 11.0. The molecule has 2 aromatic rings. The average Bonchev–Trinajstić information content (AvgIpc) is 2.65. The third-order valence-electron chi connectivity index (χ3n) is 4.97. The molecule has 2 N–H and O–H groups in total. The van der Waals surface area contributed by atoms with Crippen molar-refractivity contribution in [2.24, 2.45) is 5.92 Å². The van der Waals surface area contributed by atoms with Gasteiger partial charge in [-0.1, -0.05) is 19.1 Å². The number of piperidine rings is 1. The van der Waals surface area contributed by atoms with E-state index in [4.69, 9.17) is 0 Å². The summed E-state index contributed by atoms with van der Waals surface area (Å²) in [5.74, 6) is 0.605. The summed E-state index contributed by atoms with van der Waals surface area (Å²) in [7, 11) is -3.68. The molecule has 7 heteroatoms. The van der Waals surface area contributed by atoms with Gasteiger partial charge in [-0.15, -0.1) is 0 Å². The van der Waals surface area contributed by atoms with Gasteiger partial charge in [-0.05, 0) is 73.8 Å². The summed E-state index contributed by atoms with van der Waals surface area (Å²) in [5, 5.41) is 2.62. The summed E-state index contributed by atoms with van der Waals surface area (Å²) in [6.45, 7) is 6.83. The van der Waals surface area contributed by atoms with Crippen LogP contribution in [0.3, 0.4) is 0 Å². The Morgan fingerprint density at radius 1 is 1.00 bits per heavy atom. The van der Waals surface area contributed by atoms with E-state index in [9.17, 15) is 13.2 Å². The van der Waals surface area contributed by atoms with Gasteiger partial charge < -0.3 is 5.32 Å². The molecule has 2 aromatic carbocycles. The molecule has 1 fully saturated rings. The highest BCUT2D eigenvalue weighted by atomic mass is 32.2. The lowest BCUT2D eigenvalue weighted by molar-refractivity contribution is -0.114. The van der Waals surface area contributed by atoms with E-state index in [0.29, 0.717) is 11.4 Å². The quantitative estimate of drug-likeness (QED) is 0.774. The maximum atomic E-state index is 12.6. The van der Waals surface area contributed by atoms with Crippen molar-refractivity contribution in [1.29, 1.82) is 0 Å². The van der Waals surface area contributed by atoms with Crippen molar-refractivity contribution >= 4 is 27.3 Å². The van der Waals surface area contributed by atoms with Crippen molar-refractivity contribution in [2.45, 2.75) is 38.1 Å². The third-order valence-corrected chi connectivity index (χ3v) is 6.37. The van der Waals surface area contributed by atoms with Crippen molar-refractivity contribution in [3.8, 4) is 0 Å². The Hall–Kier alpha value is -2.38. The SMILES string of the molecule is CC(=O)Nc1ccc(S(=O)(=O)Nc2ccc(CN3CCC(C)CC3)cc2)cc1. The summed E-state index contributed by atoms with van der Waals surface area (Å²) in [4.78, 5) is 13.6. The minimum Gasteiger partial charge on any atom is -0.326 e. The summed E-state index contributed by atoms with van der Waals surface area (Å²) in [6, 6.07) is 13.6. The molecule has 1 aliphatic rings. The summed E-state index contributed by atoms with van der Waals surface area (Å²) >= 11 is 0. The van der Waals surface area contributed by atoms with Crippen LogP contribution in [0.4, 0.5) is 11.4 Å². The van der Waals surface area contributed by atoms with Crippen molar-refractivity contribution in [2.75, 3.05) is 23.1 Å². The van der Waals surface area contributed by atoms with Crippen LogP contribution in [-0.4, -0.2) is 32.3 Å². The maximum Gasteiger partial charge on any atom is 0.261 e. The van der Waals surface area contributed by atoms with Gasteiger partial charge in [-0.25, -0.2) is 8.42 Å². The molecule has 0 unspecified atom stereocenters. The lowest BCUT2D eigenvalue weighted by atomic mass is 9.99. The van der Waals surface area contributed by atoms with E-state index < -0.39 is 10.0 Å². The van der Waals surface area contributed by atoms with Crippen molar-refractivity contribution in [3.63, 3.8) is 0 Å². The van der Waals surface area contributed by atoms with Gasteiger partial charge in [-0.2, -0.15) is 0 Å². The smallest absolute Gasteiger partial charge is 0.261 e. The number of anilines is 2. The lowest BCUT2D eigenvalue weighted by Crippen LogP contribution is -2.32. The number of benzene rings is 2. The molecule has 0 spiro atoms. The number of rotatable bonds is 6. The number of likely N-dealkylation sites (tertiary alicyclic amines) is 1. The molecule has 150 valence electrons. The van der Waals surface area contributed by atoms with Crippen LogP contribution < -0.4 is 10.0 Å². The molecule has 0 atom stereocenters. The van der Waals surface area contributed by atoms with Gasteiger partial charge in [0.25, 0.3) is 10.0 Å². The number of nitrogens with one attached hydrogen (secondary N) is 2. The van der Waals surface area contributed by atoms with Crippen LogP contribution in [0.2, 0.25) is 0 Å². The molecule has 0 aromatic heterocycles. The molecule has 0 bridgehead atoms. The normalized spacial score (nSPS) is 15.9. The van der Waals surface area contributed by atoms with Crippen molar-refractivity contribution in [1.82, 2.24) is 4.90 Å². The summed E-state index contributed by atoms with van der Waals surface area (Å²) < 4.78 is 27.7. The Bertz CT molecular complexity index is 901. The first kappa shape index (κ1) is 20.4. The Labute approximate surface area is 167 Å². The number of amides is 1. The second kappa shape index (κ2) is 8.75. The molecule has 1 saturated heterocycles. The van der Waals surface area contributed by atoms with Crippen molar-refractivity contribution < 1.29 is 13.2 Å². The van der Waals surface area contributed by atoms with Gasteiger partial charge in [0.05, 0.1) is 4.90 Å². The van der Waals surface area contributed by atoms with Crippen LogP contribution in [0.15, 0.2) is 53.4 Å². The van der Waals surface area contributed by atoms with Gasteiger partial charge >= 0.3 is 0 Å². The minimum absolute atomic E-state index is 0.146. The zero-order chi connectivity index (χ0) is 20.1. The molecule has 0 aliphatic carbocycles. The number of nitrogens with zero attached hydrogens (tertiary/aromatic N) is 1. The Balaban J connectivity index is 1.61. The number of hydrogen-bond donors (Lipinski definition) is 2. The molecule has 0 radical (unpaired) electrons. The van der Waals surface area contributed by atoms with Crippen LogP contribution >= 0.6 is 0 Å². The van der Waals surface area contributed by atoms with Gasteiger partial charge in [-0.3, -0.25) is 14.4 Å². The van der Waals surface area contributed by atoms with E-state index >= 15 is 0 Å². The second-order valence-electron chi connectivity index (χ2n) is 7.47. The molecular weight excluding hydrogens is 374 g/mol. The summed E-state index contributed by atoms with van der Waals surface area (Å²) in [6.07, 6.45) is 2.47. The fourth-order valence-corrected chi connectivity index (χ4v) is 4.35. The van der Waals surface area contributed by atoms with E-state index in [1.165, 1.54) is 37.5 Å². The highest BCUT2D eigenvalue weighted by Gasteiger charge is 2.16. The first-order chi connectivity index (χ1) is 13.3. The highest BCUT2D eigenvalue weighted by molar-refractivity contribution is 7.92. The summed E-state index contributed by atoms with van der Waals surface area (Å²) in [5.41, 5.74) is 2.27. The fraction of sp³-hybridized carbons (Fsp3) is 0.381. The van der Waals surface area contributed by atoms with Crippen LogP contribution in [0.5, 0.6) is 0 Å². The van der Waals surface area contributed by atoms with E-state index in [2.05, 4.69) is 21.9 Å². The fourth-order valence-electron chi connectivity index (χ4n) is 3.29. The Kier molecular flexibility index (Phi) is 6.36. The predicted octanol–water partition coefficient (Wildman–Crippen LogP) is 3.68. The average molecular weight is 402 g/mol. The topological polar surface area (TPSA) is 78.5 Å². The lowest BCUT2D eigenvalue weighted by Gasteiger charge is -2.30. The molecule has 3 rings (SSSR count). The monoisotopic (exact) mass is 401 g/mol. The van der Waals surface area contributed by atoms with E-state index in [1.54, 1.807) is 24.3 Å². The largest absolute Gasteiger partial charge is 0.326 e. The van der Waals surface area contributed by atoms with Crippen molar-refractivity contribution in [3.05, 3.63) is 54.1 Å². The minimum atomic E-state index is -3.68. The molecule has 6 nitrogen and oxygen atoms in total. The molecule has 1 heterocycles. The van der Waals surface area contributed by atoms with Gasteiger partial charge in [0.2, 0.25) is 5.91 Å². The van der Waals surface area contributed by atoms with Gasteiger partial charge in [0.1, 0.15) is 0 Å². The van der Waals surface area contributed by atoms with Gasteiger partial charge in [0, 0.05) is 24.8 Å². The zero-order valence-electron chi connectivity index (χ0n) is 16.3. The van der Waals surface area contributed by atoms with E-state index in [0.717, 1.165) is 25.6 Å². The predicted molar refractivity (Wildman–Crippen MR) is 112 cm³/mol. The number of hydrogen-bond acceptors (Lipinski definition) is 4. The third kappa shape index (κ3) is 5.56. The van der Waals surface area contributed by atoms with E-state index in [-0.39, 0.29) is 10.8 Å². The zero-order valence-corrected chi connectivity index (χ0v) is 17.1. The maximum absolute atomic E-state index is 12.6. The number of sulfonamides is 1. The Morgan fingerprint density at radius 2 is 1.57 bits per heavy atom. The molecule has 28 heavy (non-hydrogen) atoms. The van der Waals surface area contributed by atoms with Crippen LogP contribution in [-0.2, 0) is 21.4 Å². The molecule has 0 saturated carbocycles. The second-order valence-corrected chi connectivity index (χ2v) is 9.15. The van der Waals surface area contributed by atoms with Crippen LogP contribution in [0, 0.1) is 5.92 Å². The highest BCUT2D eigenvalue weighted by Crippen LogP contribution is 2.21. The van der Waals surface area contributed by atoms with E-state index in [1.807, 2.05) is 12.1 Å². The van der Waals surface area contributed by atoms with Crippen LogP contribution in [0.25, 0.3) is 0 Å². The molecule has 1 amide bonds.